The monoisotopic (exact) mass is 446 g/mol. The average Bonchev–Trinajstić information content (AvgIpc) is 2.78. The van der Waals surface area contributed by atoms with Gasteiger partial charge in [-0.3, -0.25) is 4.90 Å². The maximum absolute atomic E-state index is 12.2. The molecule has 1 unspecified atom stereocenters. The molecule has 0 aromatic heterocycles. The van der Waals surface area contributed by atoms with E-state index in [2.05, 4.69) is 28.4 Å². The largest absolute Gasteiger partial charge is 0.444 e. The number of nitrogens with one attached hydrogen (secondary N) is 1. The number of piperazine rings is 1. The first-order chi connectivity index (χ1) is 15.7. The van der Waals surface area contributed by atoms with Gasteiger partial charge in [0.05, 0.1) is 11.6 Å². The van der Waals surface area contributed by atoms with E-state index in [1.54, 1.807) is 17.0 Å². The molecule has 2 aliphatic heterocycles. The smallest absolute Gasteiger partial charge is 0.410 e. The van der Waals surface area contributed by atoms with Gasteiger partial charge in [0.15, 0.2) is 6.23 Å². The molecule has 1 amide bonds. The van der Waals surface area contributed by atoms with Gasteiger partial charge in [0.25, 0.3) is 0 Å². The Balaban J connectivity index is 1.38. The quantitative estimate of drug-likeness (QED) is 0.747. The first-order valence-electron chi connectivity index (χ1n) is 11.2. The summed E-state index contributed by atoms with van der Waals surface area (Å²) in [5.74, 6) is 0. The van der Waals surface area contributed by atoms with Crippen LogP contribution < -0.4 is 5.32 Å². The zero-order valence-corrected chi connectivity index (χ0v) is 19.3. The van der Waals surface area contributed by atoms with Crippen LogP contribution in [-0.2, 0) is 11.3 Å². The lowest BCUT2D eigenvalue weighted by molar-refractivity contribution is 0.0139. The van der Waals surface area contributed by atoms with Crippen molar-refractivity contribution in [2.24, 2.45) is 0 Å². The number of carbonyl (C=O) groups is 1. The van der Waals surface area contributed by atoms with Crippen LogP contribution in [0.25, 0.3) is 11.8 Å². The molecule has 0 saturated carbocycles. The summed E-state index contributed by atoms with van der Waals surface area (Å²) in [5.41, 5.74) is 4.45. The summed E-state index contributed by atoms with van der Waals surface area (Å²) in [5, 5.41) is 23.0. The van der Waals surface area contributed by atoms with E-state index in [0.717, 1.165) is 36.5 Å². The maximum atomic E-state index is 12.2. The lowest BCUT2D eigenvalue weighted by Gasteiger charge is -2.35. The molecule has 1 fully saturated rings. The molecular formula is C26H30N4O3. The average molecular weight is 447 g/mol. The third-order valence-electron chi connectivity index (χ3n) is 5.83. The molecule has 2 aromatic carbocycles. The Morgan fingerprint density at radius 2 is 1.85 bits per heavy atom. The van der Waals surface area contributed by atoms with Gasteiger partial charge in [-0.25, -0.2) is 4.79 Å². The van der Waals surface area contributed by atoms with E-state index in [1.165, 1.54) is 5.56 Å². The molecule has 0 radical (unpaired) electrons. The number of amides is 1. The zero-order chi connectivity index (χ0) is 23.6. The van der Waals surface area contributed by atoms with Crippen LogP contribution in [0.4, 0.5) is 4.79 Å². The molecule has 172 valence electrons. The number of fused-ring (bicyclic) bond motifs is 1. The SMILES string of the molecule is CC(C)(C)OC(=O)N1CCN(Cc2ccc(C3=Cc4c(C#N)cccc4C(O)N3)cc2)CC1. The van der Waals surface area contributed by atoms with Gasteiger partial charge in [-0.2, -0.15) is 5.26 Å². The summed E-state index contributed by atoms with van der Waals surface area (Å²) < 4.78 is 5.47. The van der Waals surface area contributed by atoms with Gasteiger partial charge >= 0.3 is 6.09 Å². The Morgan fingerprint density at radius 1 is 1.15 bits per heavy atom. The maximum Gasteiger partial charge on any atom is 0.410 e. The number of nitrogens with zero attached hydrogens (tertiary/aromatic N) is 3. The first-order valence-corrected chi connectivity index (χ1v) is 11.2. The van der Waals surface area contributed by atoms with Gasteiger partial charge in [0, 0.05) is 49.5 Å². The predicted molar refractivity (Wildman–Crippen MR) is 127 cm³/mol. The van der Waals surface area contributed by atoms with Crippen LogP contribution in [0.15, 0.2) is 42.5 Å². The summed E-state index contributed by atoms with van der Waals surface area (Å²) in [4.78, 5) is 16.3. The highest BCUT2D eigenvalue weighted by molar-refractivity contribution is 5.85. The number of aliphatic hydroxyl groups excluding tert-OH is 1. The Morgan fingerprint density at radius 3 is 2.48 bits per heavy atom. The van der Waals surface area contributed by atoms with Crippen LogP contribution >= 0.6 is 0 Å². The Kier molecular flexibility index (Phi) is 6.41. The van der Waals surface area contributed by atoms with E-state index in [9.17, 15) is 15.2 Å². The molecule has 33 heavy (non-hydrogen) atoms. The van der Waals surface area contributed by atoms with Crippen LogP contribution in [-0.4, -0.2) is 52.8 Å². The van der Waals surface area contributed by atoms with Crippen LogP contribution in [0.1, 0.15) is 54.8 Å². The van der Waals surface area contributed by atoms with Crippen molar-refractivity contribution in [1.82, 2.24) is 15.1 Å². The summed E-state index contributed by atoms with van der Waals surface area (Å²) in [6.07, 6.45) is 0.822. The minimum Gasteiger partial charge on any atom is -0.444 e. The number of ether oxygens (including phenoxy) is 1. The van der Waals surface area contributed by atoms with E-state index in [4.69, 9.17) is 4.74 Å². The molecule has 2 heterocycles. The second-order valence-corrected chi connectivity index (χ2v) is 9.47. The molecule has 7 nitrogen and oxygen atoms in total. The molecule has 2 aromatic rings. The normalized spacial score (nSPS) is 18.6. The van der Waals surface area contributed by atoms with E-state index in [0.29, 0.717) is 24.2 Å². The van der Waals surface area contributed by atoms with Crippen molar-refractivity contribution in [2.45, 2.75) is 39.1 Å². The van der Waals surface area contributed by atoms with Gasteiger partial charge < -0.3 is 20.1 Å². The Hall–Kier alpha value is -3.34. The minimum atomic E-state index is -0.853. The number of hydrogen-bond donors (Lipinski definition) is 2. The third kappa shape index (κ3) is 5.36. The number of carbonyl (C=O) groups excluding carboxylic acids is 1. The van der Waals surface area contributed by atoms with E-state index in [-0.39, 0.29) is 6.09 Å². The van der Waals surface area contributed by atoms with Crippen molar-refractivity contribution in [2.75, 3.05) is 26.2 Å². The van der Waals surface area contributed by atoms with Crippen molar-refractivity contribution < 1.29 is 14.6 Å². The Labute approximate surface area is 194 Å². The molecule has 0 aliphatic carbocycles. The highest BCUT2D eigenvalue weighted by Gasteiger charge is 2.26. The second-order valence-electron chi connectivity index (χ2n) is 9.47. The van der Waals surface area contributed by atoms with Crippen molar-refractivity contribution in [1.29, 1.82) is 5.26 Å². The van der Waals surface area contributed by atoms with Crippen LogP contribution in [0.3, 0.4) is 0 Å². The number of benzene rings is 2. The lowest BCUT2D eigenvalue weighted by Crippen LogP contribution is -2.49. The molecule has 1 saturated heterocycles. The Bertz CT molecular complexity index is 1090. The summed E-state index contributed by atoms with van der Waals surface area (Å²) in [6, 6.07) is 15.8. The molecule has 2 aliphatic rings. The van der Waals surface area contributed by atoms with Crippen LogP contribution in [0.5, 0.6) is 0 Å². The van der Waals surface area contributed by atoms with E-state index < -0.39 is 11.8 Å². The fourth-order valence-corrected chi connectivity index (χ4v) is 4.12. The highest BCUT2D eigenvalue weighted by Crippen LogP contribution is 2.31. The van der Waals surface area contributed by atoms with Gasteiger partial charge in [0.1, 0.15) is 5.60 Å². The standard InChI is InChI=1S/C26H30N4O3/c1-26(2,3)33-25(32)30-13-11-29(12-14-30)17-18-7-9-19(10-8-18)23-15-22-20(16-27)5-4-6-21(22)24(31)28-23/h4-10,15,24,28,31H,11-14,17H2,1-3H3. The zero-order valence-electron chi connectivity index (χ0n) is 19.3. The number of rotatable bonds is 3. The second kappa shape index (κ2) is 9.26. The van der Waals surface area contributed by atoms with Crippen molar-refractivity contribution in [3.05, 3.63) is 70.3 Å². The van der Waals surface area contributed by atoms with Crippen molar-refractivity contribution in [3.63, 3.8) is 0 Å². The predicted octanol–water partition coefficient (Wildman–Crippen LogP) is 3.70. The van der Waals surface area contributed by atoms with Crippen LogP contribution in [0, 0.1) is 11.3 Å². The molecule has 0 bridgehead atoms. The number of hydrogen-bond acceptors (Lipinski definition) is 6. The molecule has 0 spiro atoms. The van der Waals surface area contributed by atoms with Gasteiger partial charge in [-0.15, -0.1) is 0 Å². The topological polar surface area (TPSA) is 88.8 Å². The molecule has 1 atom stereocenters. The lowest BCUT2D eigenvalue weighted by atomic mass is 9.94. The van der Waals surface area contributed by atoms with Gasteiger partial charge in [0.2, 0.25) is 0 Å². The van der Waals surface area contributed by atoms with Gasteiger partial charge in [-0.05, 0) is 44.0 Å². The number of aliphatic hydroxyl groups is 1. The molecule has 4 rings (SSSR count). The summed E-state index contributed by atoms with van der Waals surface area (Å²) in [6.45, 7) is 9.35. The van der Waals surface area contributed by atoms with Gasteiger partial charge in [-0.1, -0.05) is 36.4 Å². The summed E-state index contributed by atoms with van der Waals surface area (Å²) >= 11 is 0. The third-order valence-corrected chi connectivity index (χ3v) is 5.83. The number of nitriles is 1. The fraction of sp³-hybridized carbons (Fsp3) is 0.385. The molecular weight excluding hydrogens is 416 g/mol. The fourth-order valence-electron chi connectivity index (χ4n) is 4.12. The van der Waals surface area contributed by atoms with E-state index in [1.807, 2.05) is 45.0 Å². The molecule has 7 heteroatoms. The van der Waals surface area contributed by atoms with Crippen LogP contribution in [0.2, 0.25) is 0 Å². The summed E-state index contributed by atoms with van der Waals surface area (Å²) in [7, 11) is 0. The van der Waals surface area contributed by atoms with E-state index >= 15 is 0 Å². The highest BCUT2D eigenvalue weighted by atomic mass is 16.6. The first kappa shape index (κ1) is 22.8. The minimum absolute atomic E-state index is 0.247. The van der Waals surface area contributed by atoms with Crippen molar-refractivity contribution >= 4 is 17.9 Å². The molecule has 2 N–H and O–H groups in total. The van der Waals surface area contributed by atoms with Crippen molar-refractivity contribution in [3.8, 4) is 6.07 Å².